The zero-order valence-electron chi connectivity index (χ0n) is 8.17. The molecule has 0 radical (unpaired) electrons. The number of aliphatic carboxylic acids is 1. The summed E-state index contributed by atoms with van der Waals surface area (Å²) in [5.74, 6) is -3.29. The van der Waals surface area contributed by atoms with Gasteiger partial charge >= 0.3 is 18.1 Å². The Balaban J connectivity index is 1.79. The van der Waals surface area contributed by atoms with Gasteiger partial charge in [0.1, 0.15) is 0 Å². The van der Waals surface area contributed by atoms with Gasteiger partial charge in [-0.1, -0.05) is 0 Å². The summed E-state index contributed by atoms with van der Waals surface area (Å²) in [6.07, 6.45) is -3.67. The Morgan fingerprint density at radius 1 is 1.25 bits per heavy atom. The van der Waals surface area contributed by atoms with E-state index in [4.69, 9.17) is 5.11 Å². The first-order chi connectivity index (χ1) is 7.24. The van der Waals surface area contributed by atoms with Crippen LogP contribution in [-0.2, 0) is 9.59 Å². The topological polar surface area (TPSA) is 66.4 Å². The van der Waals surface area contributed by atoms with Gasteiger partial charge in [0.2, 0.25) is 0 Å². The van der Waals surface area contributed by atoms with Gasteiger partial charge in [-0.3, -0.25) is 9.59 Å². The van der Waals surface area contributed by atoms with E-state index >= 15 is 0 Å². The third-order valence-electron chi connectivity index (χ3n) is 3.39. The lowest BCUT2D eigenvalue weighted by atomic mass is 9.75. The summed E-state index contributed by atoms with van der Waals surface area (Å²) in [6.45, 7) is 0. The molecule has 90 valence electrons. The predicted octanol–water partition coefficient (Wildman–Crippen LogP) is 0.918. The molecule has 1 amide bonds. The van der Waals surface area contributed by atoms with Crippen LogP contribution in [0.3, 0.4) is 0 Å². The van der Waals surface area contributed by atoms with Crippen molar-refractivity contribution in [3.05, 3.63) is 0 Å². The van der Waals surface area contributed by atoms with Crippen molar-refractivity contribution in [3.8, 4) is 0 Å². The fourth-order valence-electron chi connectivity index (χ4n) is 2.44. The van der Waals surface area contributed by atoms with Gasteiger partial charge in [-0.2, -0.15) is 13.2 Å². The second-order valence-corrected chi connectivity index (χ2v) is 4.53. The van der Waals surface area contributed by atoms with E-state index in [-0.39, 0.29) is 5.41 Å². The van der Waals surface area contributed by atoms with Crippen LogP contribution < -0.4 is 5.32 Å². The maximum Gasteiger partial charge on any atom is 0.471 e. The van der Waals surface area contributed by atoms with Gasteiger partial charge in [0.15, 0.2) is 0 Å². The molecule has 2 saturated carbocycles. The van der Waals surface area contributed by atoms with E-state index in [1.807, 2.05) is 5.32 Å². The van der Waals surface area contributed by atoms with Crippen molar-refractivity contribution in [1.82, 2.24) is 5.32 Å². The monoisotopic (exact) mass is 237 g/mol. The van der Waals surface area contributed by atoms with Gasteiger partial charge in [0, 0.05) is 6.04 Å². The number of nitrogens with one attached hydrogen (secondary N) is 1. The predicted molar refractivity (Wildman–Crippen MR) is 45.4 cm³/mol. The van der Waals surface area contributed by atoms with Gasteiger partial charge < -0.3 is 10.4 Å². The number of carboxylic acids is 1. The first-order valence-electron chi connectivity index (χ1n) is 4.85. The molecule has 0 aromatic carbocycles. The van der Waals surface area contributed by atoms with Crippen LogP contribution in [-0.4, -0.2) is 29.2 Å². The van der Waals surface area contributed by atoms with E-state index in [0.717, 1.165) is 0 Å². The maximum atomic E-state index is 11.9. The molecule has 7 heteroatoms. The highest BCUT2D eigenvalue weighted by Gasteiger charge is 2.65. The molecule has 0 aliphatic heterocycles. The first-order valence-corrected chi connectivity index (χ1v) is 4.85. The fourth-order valence-corrected chi connectivity index (χ4v) is 2.44. The zero-order valence-corrected chi connectivity index (χ0v) is 8.17. The molecule has 1 unspecified atom stereocenters. The van der Waals surface area contributed by atoms with Gasteiger partial charge in [-0.25, -0.2) is 0 Å². The first kappa shape index (κ1) is 11.2. The van der Waals surface area contributed by atoms with E-state index in [1.165, 1.54) is 0 Å². The smallest absolute Gasteiger partial charge is 0.471 e. The van der Waals surface area contributed by atoms with Crippen molar-refractivity contribution >= 4 is 11.9 Å². The molecule has 2 rings (SSSR count). The Kier molecular flexibility index (Phi) is 2.18. The second-order valence-electron chi connectivity index (χ2n) is 4.53. The summed E-state index contributed by atoms with van der Waals surface area (Å²) in [7, 11) is 0. The van der Waals surface area contributed by atoms with Crippen LogP contribution in [0.1, 0.15) is 19.3 Å². The summed E-state index contributed by atoms with van der Waals surface area (Å²) < 4.78 is 35.6. The lowest BCUT2D eigenvalue weighted by Crippen LogP contribution is -2.50. The van der Waals surface area contributed by atoms with E-state index in [0.29, 0.717) is 19.3 Å². The summed E-state index contributed by atoms with van der Waals surface area (Å²) in [6, 6.07) is -0.529. The summed E-state index contributed by atoms with van der Waals surface area (Å²) in [5.41, 5.74) is -0.338. The van der Waals surface area contributed by atoms with Crippen molar-refractivity contribution in [2.24, 2.45) is 11.3 Å². The minimum atomic E-state index is -4.86. The Morgan fingerprint density at radius 3 is 2.19 bits per heavy atom. The Morgan fingerprint density at radius 2 is 1.81 bits per heavy atom. The Hall–Kier alpha value is -1.27. The molecule has 4 nitrogen and oxygen atoms in total. The van der Waals surface area contributed by atoms with Crippen molar-refractivity contribution in [3.63, 3.8) is 0 Å². The Bertz CT molecular complexity index is 346. The highest BCUT2D eigenvalue weighted by Crippen LogP contribution is 2.65. The minimum Gasteiger partial charge on any atom is -0.481 e. The van der Waals surface area contributed by atoms with Gasteiger partial charge in [-0.15, -0.1) is 0 Å². The van der Waals surface area contributed by atoms with Crippen LogP contribution in [0.5, 0.6) is 0 Å². The number of amides is 1. The summed E-state index contributed by atoms with van der Waals surface area (Å²) >= 11 is 0. The Labute approximate surface area is 88.8 Å². The molecule has 16 heavy (non-hydrogen) atoms. The van der Waals surface area contributed by atoms with Crippen LogP contribution in [0, 0.1) is 11.3 Å². The number of carbonyl (C=O) groups excluding carboxylic acids is 1. The average Bonchev–Trinajstić information content (AvgIpc) is 2.76. The third kappa shape index (κ3) is 1.74. The molecule has 2 aliphatic carbocycles. The lowest BCUT2D eigenvalue weighted by Gasteiger charge is -2.37. The number of hydrogen-bond donors (Lipinski definition) is 2. The largest absolute Gasteiger partial charge is 0.481 e. The van der Waals surface area contributed by atoms with Crippen LogP contribution in [0.25, 0.3) is 0 Å². The quantitative estimate of drug-likeness (QED) is 0.750. The highest BCUT2D eigenvalue weighted by atomic mass is 19.4. The molecule has 2 fully saturated rings. The number of hydrogen-bond acceptors (Lipinski definition) is 2. The fraction of sp³-hybridized carbons (Fsp3) is 0.778. The number of carbonyl (C=O) groups is 2. The second kappa shape index (κ2) is 3.11. The molecule has 1 spiro atoms. The number of rotatable bonds is 2. The third-order valence-corrected chi connectivity index (χ3v) is 3.39. The molecule has 0 saturated heterocycles. The normalized spacial score (nSPS) is 36.7. The molecule has 0 aromatic rings. The molecule has 2 aliphatic rings. The summed E-state index contributed by atoms with van der Waals surface area (Å²) in [5, 5.41) is 10.5. The van der Waals surface area contributed by atoms with Gasteiger partial charge in [0.25, 0.3) is 0 Å². The zero-order chi connectivity index (χ0) is 12.1. The number of alkyl halides is 3. The molecule has 0 heterocycles. The van der Waals surface area contributed by atoms with Crippen LogP contribution >= 0.6 is 0 Å². The molecule has 2 N–H and O–H groups in total. The number of halogens is 3. The van der Waals surface area contributed by atoms with Gasteiger partial charge in [0.05, 0.1) is 5.92 Å². The molecular formula is C9H10F3NO3. The minimum absolute atomic E-state index is 0.338. The highest BCUT2D eigenvalue weighted by molar-refractivity contribution is 5.82. The standard InChI is InChI=1S/C9H10F3NO3/c10-9(11,12)7(16)13-4-1-8(2-4)3-5(8)6(14)15/h4-5H,1-3H2,(H,13,16)(H,14,15). The van der Waals surface area contributed by atoms with Crippen LogP contribution in [0.4, 0.5) is 13.2 Å². The van der Waals surface area contributed by atoms with E-state index < -0.39 is 30.0 Å². The molecule has 0 aromatic heterocycles. The SMILES string of the molecule is O=C(O)C1CC12CC(NC(=O)C(F)(F)F)C2. The average molecular weight is 237 g/mol. The van der Waals surface area contributed by atoms with Crippen LogP contribution in [0.15, 0.2) is 0 Å². The molecule has 0 bridgehead atoms. The maximum absolute atomic E-state index is 11.9. The van der Waals surface area contributed by atoms with Gasteiger partial charge in [-0.05, 0) is 24.7 Å². The van der Waals surface area contributed by atoms with Crippen molar-refractivity contribution in [2.45, 2.75) is 31.5 Å². The molecule has 1 atom stereocenters. The van der Waals surface area contributed by atoms with E-state index in [9.17, 15) is 22.8 Å². The van der Waals surface area contributed by atoms with E-state index in [2.05, 4.69) is 0 Å². The van der Waals surface area contributed by atoms with Crippen molar-refractivity contribution < 1.29 is 27.9 Å². The number of carboxylic acid groups (broad SMARTS) is 1. The summed E-state index contributed by atoms with van der Waals surface area (Å²) in [4.78, 5) is 21.2. The molecular weight excluding hydrogens is 227 g/mol. The van der Waals surface area contributed by atoms with Crippen LogP contribution in [0.2, 0.25) is 0 Å². The van der Waals surface area contributed by atoms with Crippen molar-refractivity contribution in [2.75, 3.05) is 0 Å². The lowest BCUT2D eigenvalue weighted by molar-refractivity contribution is -0.175. The van der Waals surface area contributed by atoms with E-state index in [1.54, 1.807) is 0 Å². The van der Waals surface area contributed by atoms with Crippen molar-refractivity contribution in [1.29, 1.82) is 0 Å².